The normalized spacial score (nSPS) is 10.3. The molecule has 0 fully saturated rings. The SMILES string of the molecule is COC(=O)COc1cccc(C(=O)Nc2ccc3oc(=O)ccc3c2)c1. The fourth-order valence-corrected chi connectivity index (χ4v) is 2.28. The lowest BCUT2D eigenvalue weighted by molar-refractivity contribution is -0.142. The van der Waals surface area contributed by atoms with Crippen molar-refractivity contribution in [1.82, 2.24) is 0 Å². The van der Waals surface area contributed by atoms with Gasteiger partial charge in [-0.25, -0.2) is 9.59 Å². The van der Waals surface area contributed by atoms with Gasteiger partial charge in [-0.15, -0.1) is 0 Å². The Morgan fingerprint density at radius 1 is 1.08 bits per heavy atom. The van der Waals surface area contributed by atoms with Crippen molar-refractivity contribution in [3.63, 3.8) is 0 Å². The smallest absolute Gasteiger partial charge is 0.343 e. The molecule has 26 heavy (non-hydrogen) atoms. The highest BCUT2D eigenvalue weighted by atomic mass is 16.6. The van der Waals surface area contributed by atoms with Crippen LogP contribution in [0.4, 0.5) is 5.69 Å². The molecule has 2 aromatic carbocycles. The van der Waals surface area contributed by atoms with Crippen LogP contribution in [0, 0.1) is 0 Å². The number of nitrogens with one attached hydrogen (secondary N) is 1. The van der Waals surface area contributed by atoms with Crippen LogP contribution in [-0.4, -0.2) is 25.6 Å². The zero-order valence-corrected chi connectivity index (χ0v) is 13.9. The monoisotopic (exact) mass is 353 g/mol. The number of rotatable bonds is 5. The number of fused-ring (bicyclic) bond motifs is 1. The summed E-state index contributed by atoms with van der Waals surface area (Å²) in [4.78, 5) is 34.7. The minimum absolute atomic E-state index is 0.239. The van der Waals surface area contributed by atoms with E-state index in [0.717, 1.165) is 0 Å². The molecule has 0 aliphatic heterocycles. The number of ether oxygens (including phenoxy) is 2. The summed E-state index contributed by atoms with van der Waals surface area (Å²) in [5.41, 5.74) is 0.927. The average Bonchev–Trinajstić information content (AvgIpc) is 2.66. The highest BCUT2D eigenvalue weighted by Gasteiger charge is 2.09. The highest BCUT2D eigenvalue weighted by Crippen LogP contribution is 2.19. The number of amides is 1. The maximum atomic E-state index is 12.4. The van der Waals surface area contributed by atoms with Crippen LogP contribution in [0.25, 0.3) is 11.0 Å². The quantitative estimate of drug-likeness (QED) is 0.560. The lowest BCUT2D eigenvalue weighted by Gasteiger charge is -2.08. The number of benzene rings is 2. The second-order valence-corrected chi connectivity index (χ2v) is 5.35. The van der Waals surface area contributed by atoms with E-state index >= 15 is 0 Å². The van der Waals surface area contributed by atoms with Crippen molar-refractivity contribution < 1.29 is 23.5 Å². The minimum Gasteiger partial charge on any atom is -0.482 e. The molecule has 0 aliphatic rings. The Kier molecular flexibility index (Phi) is 4.98. The predicted octanol–water partition coefficient (Wildman–Crippen LogP) is 2.60. The molecular formula is C19H15NO6. The van der Waals surface area contributed by atoms with E-state index < -0.39 is 11.6 Å². The molecule has 0 saturated carbocycles. The Balaban J connectivity index is 1.74. The van der Waals surface area contributed by atoms with Gasteiger partial charge in [0.1, 0.15) is 11.3 Å². The summed E-state index contributed by atoms with van der Waals surface area (Å²) in [6.07, 6.45) is 0. The Labute approximate surface area is 148 Å². The van der Waals surface area contributed by atoms with Gasteiger partial charge in [0.25, 0.3) is 5.91 Å². The summed E-state index contributed by atoms with van der Waals surface area (Å²) in [5, 5.41) is 3.45. The number of anilines is 1. The second kappa shape index (κ2) is 7.52. The molecule has 0 atom stereocenters. The summed E-state index contributed by atoms with van der Waals surface area (Å²) >= 11 is 0. The number of carbonyl (C=O) groups is 2. The number of hydrogen-bond donors (Lipinski definition) is 1. The summed E-state index contributed by atoms with van der Waals surface area (Å²) in [5.74, 6) is -0.476. The van der Waals surface area contributed by atoms with Crippen molar-refractivity contribution in [3.8, 4) is 5.75 Å². The lowest BCUT2D eigenvalue weighted by Crippen LogP contribution is -2.14. The maximum absolute atomic E-state index is 12.4. The molecule has 0 aliphatic carbocycles. The van der Waals surface area contributed by atoms with Gasteiger partial charge in [0, 0.05) is 22.7 Å². The lowest BCUT2D eigenvalue weighted by atomic mass is 10.1. The van der Waals surface area contributed by atoms with Gasteiger partial charge in [-0.3, -0.25) is 4.79 Å². The maximum Gasteiger partial charge on any atom is 0.343 e. The fourth-order valence-electron chi connectivity index (χ4n) is 2.28. The van der Waals surface area contributed by atoms with Crippen molar-refractivity contribution in [2.75, 3.05) is 19.0 Å². The molecule has 0 unspecified atom stereocenters. The highest BCUT2D eigenvalue weighted by molar-refractivity contribution is 6.05. The van der Waals surface area contributed by atoms with Gasteiger partial charge >= 0.3 is 11.6 Å². The third-order valence-corrected chi connectivity index (χ3v) is 3.56. The first-order valence-corrected chi connectivity index (χ1v) is 7.70. The van der Waals surface area contributed by atoms with Gasteiger partial charge in [0.2, 0.25) is 0 Å². The van der Waals surface area contributed by atoms with E-state index in [1.165, 1.54) is 19.2 Å². The average molecular weight is 353 g/mol. The summed E-state index contributed by atoms with van der Waals surface area (Å²) in [7, 11) is 1.27. The van der Waals surface area contributed by atoms with E-state index in [0.29, 0.717) is 28.0 Å². The van der Waals surface area contributed by atoms with Gasteiger partial charge in [0.05, 0.1) is 7.11 Å². The largest absolute Gasteiger partial charge is 0.482 e. The Bertz CT molecular complexity index is 1020. The molecule has 0 bridgehead atoms. The third kappa shape index (κ3) is 4.07. The van der Waals surface area contributed by atoms with E-state index in [1.54, 1.807) is 42.5 Å². The zero-order chi connectivity index (χ0) is 18.5. The predicted molar refractivity (Wildman–Crippen MR) is 94.4 cm³/mol. The Morgan fingerprint density at radius 2 is 1.92 bits per heavy atom. The standard InChI is InChI=1S/C19H15NO6/c1-24-18(22)11-25-15-4-2-3-13(10-15)19(23)20-14-6-7-16-12(9-14)5-8-17(21)26-16/h2-10H,11H2,1H3,(H,20,23). The number of esters is 1. The first-order valence-electron chi connectivity index (χ1n) is 7.70. The second-order valence-electron chi connectivity index (χ2n) is 5.35. The first kappa shape index (κ1) is 17.2. The minimum atomic E-state index is -0.511. The van der Waals surface area contributed by atoms with Crippen LogP contribution in [-0.2, 0) is 9.53 Å². The number of carbonyl (C=O) groups excluding carboxylic acids is 2. The van der Waals surface area contributed by atoms with E-state index in [9.17, 15) is 14.4 Å². The van der Waals surface area contributed by atoms with Crippen LogP contribution in [0.3, 0.4) is 0 Å². The van der Waals surface area contributed by atoms with Crippen molar-refractivity contribution in [1.29, 1.82) is 0 Å². The summed E-state index contributed by atoms with van der Waals surface area (Å²) < 4.78 is 14.8. The molecule has 7 heteroatoms. The van der Waals surface area contributed by atoms with Crippen molar-refractivity contribution >= 4 is 28.5 Å². The molecule has 3 rings (SSSR count). The van der Waals surface area contributed by atoms with Crippen molar-refractivity contribution in [3.05, 3.63) is 70.6 Å². The number of hydrogen-bond acceptors (Lipinski definition) is 6. The van der Waals surface area contributed by atoms with Crippen LogP contribution in [0.5, 0.6) is 5.75 Å². The van der Waals surface area contributed by atoms with Crippen LogP contribution in [0.15, 0.2) is 63.8 Å². The molecule has 0 radical (unpaired) electrons. The first-order chi connectivity index (χ1) is 12.5. The summed E-state index contributed by atoms with van der Waals surface area (Å²) in [6, 6.07) is 14.3. The van der Waals surface area contributed by atoms with Gasteiger partial charge < -0.3 is 19.2 Å². The third-order valence-electron chi connectivity index (χ3n) is 3.56. The molecule has 7 nitrogen and oxygen atoms in total. The van der Waals surface area contributed by atoms with Crippen LogP contribution in [0.1, 0.15) is 10.4 Å². The van der Waals surface area contributed by atoms with E-state index in [1.807, 2.05) is 0 Å². The topological polar surface area (TPSA) is 94.8 Å². The number of methoxy groups -OCH3 is 1. The summed E-state index contributed by atoms with van der Waals surface area (Å²) in [6.45, 7) is -0.239. The molecule has 1 heterocycles. The van der Waals surface area contributed by atoms with E-state index in [4.69, 9.17) is 9.15 Å². The van der Waals surface area contributed by atoms with Gasteiger partial charge in [-0.1, -0.05) is 6.07 Å². The van der Waals surface area contributed by atoms with Gasteiger partial charge in [0.15, 0.2) is 6.61 Å². The Morgan fingerprint density at radius 3 is 2.73 bits per heavy atom. The van der Waals surface area contributed by atoms with Crippen LogP contribution < -0.4 is 15.7 Å². The molecule has 1 aromatic heterocycles. The zero-order valence-electron chi connectivity index (χ0n) is 13.9. The van der Waals surface area contributed by atoms with Gasteiger partial charge in [-0.2, -0.15) is 0 Å². The van der Waals surface area contributed by atoms with Crippen LogP contribution >= 0.6 is 0 Å². The molecule has 0 saturated heterocycles. The van der Waals surface area contributed by atoms with Crippen molar-refractivity contribution in [2.24, 2.45) is 0 Å². The molecule has 1 amide bonds. The molecule has 132 valence electrons. The molecule has 1 N–H and O–H groups in total. The van der Waals surface area contributed by atoms with Crippen molar-refractivity contribution in [2.45, 2.75) is 0 Å². The van der Waals surface area contributed by atoms with Crippen LogP contribution in [0.2, 0.25) is 0 Å². The van der Waals surface area contributed by atoms with E-state index in [2.05, 4.69) is 10.1 Å². The fraction of sp³-hybridized carbons (Fsp3) is 0.105. The molecule has 3 aromatic rings. The molecule has 0 spiro atoms. The van der Waals surface area contributed by atoms with E-state index in [-0.39, 0.29) is 12.5 Å². The Hall–Kier alpha value is -3.61. The molecular weight excluding hydrogens is 338 g/mol. The van der Waals surface area contributed by atoms with Gasteiger partial charge in [-0.05, 0) is 42.5 Å².